The van der Waals surface area contributed by atoms with E-state index in [1.54, 1.807) is 84.9 Å². The second-order valence-corrected chi connectivity index (χ2v) is 9.97. The van der Waals surface area contributed by atoms with Crippen molar-refractivity contribution >= 4 is 0 Å². The maximum absolute atomic E-state index is 11.5. The quantitative estimate of drug-likeness (QED) is 0.214. The molecule has 1 aliphatic rings. The molecule has 224 valence electrons. The molecule has 0 bridgehead atoms. The summed E-state index contributed by atoms with van der Waals surface area (Å²) in [5, 5.41) is 53.8. The molecule has 0 saturated carbocycles. The smallest absolute Gasteiger partial charge is 0.123 e. The van der Waals surface area contributed by atoms with Gasteiger partial charge in [-0.2, -0.15) is 0 Å². The molecule has 8 heteroatoms. The topological polar surface area (TPSA) is 144 Å². The minimum atomic E-state index is -0.0750. The van der Waals surface area contributed by atoms with Gasteiger partial charge < -0.3 is 41.7 Å². The van der Waals surface area contributed by atoms with E-state index in [9.17, 15) is 20.4 Å². The van der Waals surface area contributed by atoms with E-state index in [4.69, 9.17) is 0 Å². The second kappa shape index (κ2) is 19.1. The Morgan fingerprint density at radius 1 is 0.452 bits per heavy atom. The first-order valence-electron chi connectivity index (χ1n) is 14.7. The maximum Gasteiger partial charge on any atom is 0.123 e. The fourth-order valence-corrected chi connectivity index (χ4v) is 4.47. The fraction of sp³-hybridized carbons (Fsp3) is 0.294. The van der Waals surface area contributed by atoms with Crippen LogP contribution in [0.3, 0.4) is 0 Å². The Morgan fingerprint density at radius 3 is 1.19 bits per heavy atom. The van der Waals surface area contributed by atoms with E-state index >= 15 is 0 Å². The van der Waals surface area contributed by atoms with Gasteiger partial charge in [0.15, 0.2) is 0 Å². The third-order valence-electron chi connectivity index (χ3n) is 6.74. The highest BCUT2D eigenvalue weighted by atomic mass is 16.3. The molecule has 0 unspecified atom stereocenters. The number of para-hydroxylation sites is 4. The lowest BCUT2D eigenvalue weighted by Crippen LogP contribution is -2.87. The average Bonchev–Trinajstić information content (AvgIpc) is 3.00. The van der Waals surface area contributed by atoms with E-state index in [0.717, 1.165) is 13.1 Å². The molecule has 0 atom stereocenters. The van der Waals surface area contributed by atoms with Gasteiger partial charge in [-0.1, -0.05) is 84.9 Å². The average molecular weight is 573 g/mol. The molecule has 1 saturated heterocycles. The molecule has 0 radical (unpaired) electrons. The highest BCUT2D eigenvalue weighted by Crippen LogP contribution is 2.34. The van der Waals surface area contributed by atoms with E-state index in [2.05, 4.69) is 21.3 Å². The Morgan fingerprint density at radius 2 is 0.810 bits per heavy atom. The SMILES string of the molecule is C1CNCC[NH2+]CCCNCC[NH2+]C1.[O-]c1ccccc1-c1ccccc1O.[O-]c1ccccc1-c1ccccc1O. The standard InChI is InChI=1S/2C12H10O2.C10H24N4/c2*13-11-7-3-1-5-9(11)10-6-2-4-8-12(10)14;1-3-11-7-9-13-5-2-6-14-10-8-12-4-1/h2*1-8,13-14H;11-14H,1-10H2. The summed E-state index contributed by atoms with van der Waals surface area (Å²) in [4.78, 5) is 0. The zero-order chi connectivity index (χ0) is 29.8. The van der Waals surface area contributed by atoms with Crippen molar-refractivity contribution in [3.63, 3.8) is 0 Å². The second-order valence-electron chi connectivity index (χ2n) is 9.97. The lowest BCUT2D eigenvalue weighted by Gasteiger charge is -2.13. The lowest BCUT2D eigenvalue weighted by atomic mass is 10.0. The highest BCUT2D eigenvalue weighted by Gasteiger charge is 2.03. The number of hydrogen-bond donors (Lipinski definition) is 6. The molecule has 8 N–H and O–H groups in total. The summed E-state index contributed by atoms with van der Waals surface area (Å²) in [5.74, 6) is 0.120. The third kappa shape index (κ3) is 11.4. The van der Waals surface area contributed by atoms with Gasteiger partial charge in [-0.25, -0.2) is 0 Å². The van der Waals surface area contributed by atoms with Crippen LogP contribution < -0.4 is 31.5 Å². The van der Waals surface area contributed by atoms with Crippen molar-refractivity contribution in [3.05, 3.63) is 97.1 Å². The van der Waals surface area contributed by atoms with Crippen LogP contribution >= 0.6 is 0 Å². The van der Waals surface area contributed by atoms with Gasteiger partial charge in [-0.05, 0) is 23.3 Å². The van der Waals surface area contributed by atoms with Crippen molar-refractivity contribution in [3.8, 4) is 45.3 Å². The molecule has 0 spiro atoms. The predicted octanol–water partition coefficient (Wildman–Crippen LogP) is 1.35. The summed E-state index contributed by atoms with van der Waals surface area (Å²) in [6.07, 6.45) is 2.58. The first-order chi connectivity index (χ1) is 20.6. The van der Waals surface area contributed by atoms with Crippen molar-refractivity contribution in [1.82, 2.24) is 10.6 Å². The molecule has 0 aromatic heterocycles. The van der Waals surface area contributed by atoms with Crippen LogP contribution in [-0.2, 0) is 0 Å². The van der Waals surface area contributed by atoms with Crippen molar-refractivity contribution in [2.24, 2.45) is 0 Å². The molecular formula is C34H44N4O4. The van der Waals surface area contributed by atoms with Gasteiger partial charge in [0, 0.05) is 50.1 Å². The number of phenolic OH excluding ortho intramolecular Hbond substituents is 2. The number of quaternary nitrogens is 2. The minimum absolute atomic E-state index is 0.0750. The number of phenols is 2. The Balaban J connectivity index is 0.000000173. The van der Waals surface area contributed by atoms with Gasteiger partial charge in [0.1, 0.15) is 11.5 Å². The summed E-state index contributed by atoms with van der Waals surface area (Å²) in [5.41, 5.74) is 2.23. The number of hydrogen-bond acceptors (Lipinski definition) is 6. The van der Waals surface area contributed by atoms with Crippen LogP contribution in [0.4, 0.5) is 0 Å². The summed E-state index contributed by atoms with van der Waals surface area (Å²) in [6, 6.07) is 27.0. The number of nitrogens with two attached hydrogens (primary N) is 2. The molecule has 0 aliphatic carbocycles. The van der Waals surface area contributed by atoms with Gasteiger partial charge in [0.2, 0.25) is 0 Å². The number of nitrogens with one attached hydrogen (secondary N) is 2. The molecule has 42 heavy (non-hydrogen) atoms. The Hall–Kier alpha value is -4.08. The van der Waals surface area contributed by atoms with Crippen molar-refractivity contribution in [2.45, 2.75) is 12.8 Å². The van der Waals surface area contributed by atoms with Crippen LogP contribution in [0.15, 0.2) is 97.1 Å². The number of aromatic hydroxyl groups is 2. The molecule has 4 aromatic rings. The number of rotatable bonds is 2. The normalized spacial score (nSPS) is 14.7. The molecule has 1 aliphatic heterocycles. The fourth-order valence-electron chi connectivity index (χ4n) is 4.47. The van der Waals surface area contributed by atoms with E-state index in [1.807, 2.05) is 0 Å². The largest absolute Gasteiger partial charge is 0.872 e. The van der Waals surface area contributed by atoms with Crippen LogP contribution in [0, 0.1) is 0 Å². The first kappa shape index (κ1) is 32.4. The van der Waals surface area contributed by atoms with E-state index in [1.165, 1.54) is 64.2 Å². The first-order valence-corrected chi connectivity index (χ1v) is 14.7. The number of benzene rings is 4. The Kier molecular flexibility index (Phi) is 14.8. The van der Waals surface area contributed by atoms with Gasteiger partial charge in [0.05, 0.1) is 26.2 Å². The highest BCUT2D eigenvalue weighted by molar-refractivity contribution is 5.75. The van der Waals surface area contributed by atoms with Crippen molar-refractivity contribution in [2.75, 3.05) is 52.4 Å². The van der Waals surface area contributed by atoms with E-state index in [0.29, 0.717) is 22.3 Å². The molecule has 8 nitrogen and oxygen atoms in total. The van der Waals surface area contributed by atoms with Crippen LogP contribution in [0.25, 0.3) is 22.3 Å². The van der Waals surface area contributed by atoms with Gasteiger partial charge in [0.25, 0.3) is 0 Å². The Bertz CT molecular complexity index is 1090. The minimum Gasteiger partial charge on any atom is -0.872 e. The summed E-state index contributed by atoms with van der Waals surface area (Å²) >= 11 is 0. The van der Waals surface area contributed by atoms with E-state index in [-0.39, 0.29) is 23.0 Å². The monoisotopic (exact) mass is 572 g/mol. The van der Waals surface area contributed by atoms with Crippen LogP contribution in [0.1, 0.15) is 12.8 Å². The Labute approximate surface area is 249 Å². The molecule has 4 aromatic carbocycles. The predicted molar refractivity (Wildman–Crippen MR) is 164 cm³/mol. The zero-order valence-corrected chi connectivity index (χ0v) is 24.2. The van der Waals surface area contributed by atoms with Crippen molar-refractivity contribution in [1.29, 1.82) is 0 Å². The van der Waals surface area contributed by atoms with Gasteiger partial charge in [-0.15, -0.1) is 11.5 Å². The summed E-state index contributed by atoms with van der Waals surface area (Å²) in [7, 11) is 0. The van der Waals surface area contributed by atoms with Gasteiger partial charge in [-0.3, -0.25) is 0 Å². The van der Waals surface area contributed by atoms with Crippen LogP contribution in [0.2, 0.25) is 0 Å². The summed E-state index contributed by atoms with van der Waals surface area (Å²) in [6.45, 7) is 9.65. The maximum atomic E-state index is 11.5. The molecule has 1 fully saturated rings. The van der Waals surface area contributed by atoms with Gasteiger partial charge >= 0.3 is 0 Å². The molecule has 1 heterocycles. The van der Waals surface area contributed by atoms with Crippen LogP contribution in [-0.4, -0.2) is 62.6 Å². The third-order valence-corrected chi connectivity index (χ3v) is 6.74. The van der Waals surface area contributed by atoms with Crippen LogP contribution in [0.5, 0.6) is 23.0 Å². The molecule has 5 rings (SSSR count). The zero-order valence-electron chi connectivity index (χ0n) is 24.2. The molecule has 0 amide bonds. The van der Waals surface area contributed by atoms with Crippen molar-refractivity contribution < 1.29 is 31.1 Å². The summed E-state index contributed by atoms with van der Waals surface area (Å²) < 4.78 is 0. The van der Waals surface area contributed by atoms with E-state index < -0.39 is 0 Å². The molecular weight excluding hydrogens is 528 g/mol. The lowest BCUT2D eigenvalue weighted by molar-refractivity contribution is -0.655.